The first kappa shape index (κ1) is 16.9. The largest absolute Gasteiger partial charge is 0.374 e. The predicted octanol–water partition coefficient (Wildman–Crippen LogP) is 4.37. The number of hydrogen-bond acceptors (Lipinski definition) is 4. The molecule has 0 aliphatic heterocycles. The number of benzene rings is 1. The van der Waals surface area contributed by atoms with Crippen LogP contribution in [0, 0.1) is 0 Å². The van der Waals surface area contributed by atoms with E-state index < -0.39 is 0 Å². The Morgan fingerprint density at radius 3 is 2.76 bits per heavy atom. The number of pyridine rings is 2. The number of hydrogen-bond donors (Lipinski definition) is 2. The summed E-state index contributed by atoms with van der Waals surface area (Å²) < 4.78 is 5.77. The maximum atomic E-state index is 12.3. The van der Waals surface area contributed by atoms with Crippen LogP contribution in [0.2, 0.25) is 0 Å². The number of ether oxygens (including phenoxy) is 1. The molecule has 2 aromatic heterocycles. The molecular formula is C19H20N4O2. The number of para-hydroxylation sites is 1. The van der Waals surface area contributed by atoms with Crippen molar-refractivity contribution >= 4 is 28.3 Å². The van der Waals surface area contributed by atoms with Gasteiger partial charge in [-0.25, -0.2) is 4.79 Å². The molecule has 0 aliphatic rings. The number of rotatable bonds is 5. The molecule has 0 saturated carbocycles. The molecule has 6 nitrogen and oxygen atoms in total. The molecule has 2 heterocycles. The van der Waals surface area contributed by atoms with Crippen molar-refractivity contribution in [2.24, 2.45) is 0 Å². The summed E-state index contributed by atoms with van der Waals surface area (Å²) in [4.78, 5) is 20.7. The Bertz CT molecular complexity index is 868. The molecule has 0 saturated heterocycles. The highest BCUT2D eigenvalue weighted by Gasteiger charge is 2.17. The molecule has 3 rings (SSSR count). The summed E-state index contributed by atoms with van der Waals surface area (Å²) in [5.74, 6) is 0. The van der Waals surface area contributed by atoms with Crippen LogP contribution >= 0.6 is 0 Å². The van der Waals surface area contributed by atoms with Gasteiger partial charge in [0.25, 0.3) is 0 Å². The lowest BCUT2D eigenvalue weighted by Crippen LogP contribution is -2.21. The Kier molecular flexibility index (Phi) is 5.20. The van der Waals surface area contributed by atoms with E-state index in [1.165, 1.54) is 0 Å². The molecule has 0 spiro atoms. The minimum Gasteiger partial charge on any atom is -0.374 e. The van der Waals surface area contributed by atoms with Crippen LogP contribution in [0.4, 0.5) is 16.2 Å². The smallest absolute Gasteiger partial charge is 0.323 e. The van der Waals surface area contributed by atoms with Crippen molar-refractivity contribution in [2.45, 2.75) is 20.0 Å². The zero-order chi connectivity index (χ0) is 17.6. The number of nitrogens with one attached hydrogen (secondary N) is 2. The molecule has 0 fully saturated rings. The molecule has 128 valence electrons. The van der Waals surface area contributed by atoms with Gasteiger partial charge in [-0.05, 0) is 32.0 Å². The van der Waals surface area contributed by atoms with Crippen LogP contribution in [-0.4, -0.2) is 22.6 Å². The van der Waals surface area contributed by atoms with Crippen LogP contribution in [0.15, 0.2) is 55.0 Å². The van der Waals surface area contributed by atoms with E-state index in [4.69, 9.17) is 4.74 Å². The van der Waals surface area contributed by atoms with Crippen molar-refractivity contribution in [3.8, 4) is 0 Å². The van der Waals surface area contributed by atoms with Gasteiger partial charge in [0.15, 0.2) is 0 Å². The minimum atomic E-state index is -0.352. The lowest BCUT2D eigenvalue weighted by atomic mass is 10.0. The van der Waals surface area contributed by atoms with Crippen LogP contribution in [0.25, 0.3) is 10.9 Å². The third-order valence-corrected chi connectivity index (χ3v) is 3.81. The standard InChI is InChI=1S/C19H20N4O2/c1-3-25-13(2)18-15-8-4-5-9-16(15)21-12-17(18)23-19(24)22-14-7-6-10-20-11-14/h4-13H,3H2,1-2H3,(H2,22,23,24). The molecule has 0 radical (unpaired) electrons. The SMILES string of the molecule is CCOC(C)c1c(NC(=O)Nc2cccnc2)cnc2ccccc12. The summed E-state index contributed by atoms with van der Waals surface area (Å²) in [6, 6.07) is 11.0. The van der Waals surface area contributed by atoms with Gasteiger partial charge in [0.05, 0.1) is 35.4 Å². The average molecular weight is 336 g/mol. The Morgan fingerprint density at radius 2 is 2.00 bits per heavy atom. The topological polar surface area (TPSA) is 76.1 Å². The molecular weight excluding hydrogens is 316 g/mol. The Labute approximate surface area is 146 Å². The number of urea groups is 1. The zero-order valence-corrected chi connectivity index (χ0v) is 14.2. The molecule has 1 aromatic carbocycles. The summed E-state index contributed by atoms with van der Waals surface area (Å²) in [6.45, 7) is 4.50. The van der Waals surface area contributed by atoms with Gasteiger partial charge < -0.3 is 15.4 Å². The fourth-order valence-electron chi connectivity index (χ4n) is 2.75. The molecule has 6 heteroatoms. The third kappa shape index (κ3) is 3.92. The molecule has 0 aliphatic carbocycles. The van der Waals surface area contributed by atoms with E-state index in [2.05, 4.69) is 20.6 Å². The van der Waals surface area contributed by atoms with Crippen molar-refractivity contribution in [1.82, 2.24) is 9.97 Å². The monoisotopic (exact) mass is 336 g/mol. The van der Waals surface area contributed by atoms with E-state index in [-0.39, 0.29) is 12.1 Å². The highest BCUT2D eigenvalue weighted by Crippen LogP contribution is 2.32. The van der Waals surface area contributed by atoms with Crippen LogP contribution in [-0.2, 0) is 4.74 Å². The first-order chi connectivity index (χ1) is 12.2. The highest BCUT2D eigenvalue weighted by atomic mass is 16.5. The fourth-order valence-corrected chi connectivity index (χ4v) is 2.75. The number of nitrogens with zero attached hydrogens (tertiary/aromatic N) is 2. The molecule has 25 heavy (non-hydrogen) atoms. The number of amides is 2. The van der Waals surface area contributed by atoms with Crippen LogP contribution in [0.3, 0.4) is 0 Å². The number of carbonyl (C=O) groups excluding carboxylic acids is 1. The summed E-state index contributed by atoms with van der Waals surface area (Å²) >= 11 is 0. The van der Waals surface area contributed by atoms with E-state index in [1.807, 2.05) is 38.1 Å². The van der Waals surface area contributed by atoms with Gasteiger partial charge in [-0.15, -0.1) is 0 Å². The second kappa shape index (κ2) is 7.72. The zero-order valence-electron chi connectivity index (χ0n) is 14.2. The quantitative estimate of drug-likeness (QED) is 0.725. The lowest BCUT2D eigenvalue weighted by Gasteiger charge is -2.19. The van der Waals surface area contributed by atoms with Gasteiger partial charge >= 0.3 is 6.03 Å². The number of aromatic nitrogens is 2. The summed E-state index contributed by atoms with van der Waals surface area (Å²) in [5, 5.41) is 6.59. The lowest BCUT2D eigenvalue weighted by molar-refractivity contribution is 0.0778. The summed E-state index contributed by atoms with van der Waals surface area (Å²) in [7, 11) is 0. The number of fused-ring (bicyclic) bond motifs is 1. The van der Waals surface area contributed by atoms with Crippen molar-refractivity contribution in [1.29, 1.82) is 0 Å². The van der Waals surface area contributed by atoms with Crippen molar-refractivity contribution in [3.63, 3.8) is 0 Å². The normalized spacial score (nSPS) is 11.9. The maximum absolute atomic E-state index is 12.3. The minimum absolute atomic E-state index is 0.174. The molecule has 2 amide bonds. The van der Waals surface area contributed by atoms with E-state index in [1.54, 1.807) is 30.7 Å². The van der Waals surface area contributed by atoms with Gasteiger partial charge in [0.1, 0.15) is 0 Å². The summed E-state index contributed by atoms with van der Waals surface area (Å²) in [6.07, 6.45) is 4.72. The maximum Gasteiger partial charge on any atom is 0.323 e. The Morgan fingerprint density at radius 1 is 1.16 bits per heavy atom. The second-order valence-electron chi connectivity index (χ2n) is 5.52. The first-order valence-corrected chi connectivity index (χ1v) is 8.16. The van der Waals surface area contributed by atoms with Crippen molar-refractivity contribution in [3.05, 3.63) is 60.6 Å². The van der Waals surface area contributed by atoms with Crippen LogP contribution in [0.5, 0.6) is 0 Å². The molecule has 1 atom stereocenters. The van der Waals surface area contributed by atoms with Crippen LogP contribution < -0.4 is 10.6 Å². The fraction of sp³-hybridized carbons (Fsp3) is 0.211. The Hall–Kier alpha value is -2.99. The predicted molar refractivity (Wildman–Crippen MR) is 98.7 cm³/mol. The van der Waals surface area contributed by atoms with Gasteiger partial charge in [0, 0.05) is 23.8 Å². The van der Waals surface area contributed by atoms with Gasteiger partial charge in [0.2, 0.25) is 0 Å². The number of carbonyl (C=O) groups is 1. The van der Waals surface area contributed by atoms with E-state index in [0.717, 1.165) is 16.5 Å². The highest BCUT2D eigenvalue weighted by molar-refractivity contribution is 6.01. The van der Waals surface area contributed by atoms with Gasteiger partial charge in [-0.1, -0.05) is 18.2 Å². The first-order valence-electron chi connectivity index (χ1n) is 8.16. The second-order valence-corrected chi connectivity index (χ2v) is 5.52. The molecule has 0 bridgehead atoms. The third-order valence-electron chi connectivity index (χ3n) is 3.81. The number of anilines is 2. The van der Waals surface area contributed by atoms with E-state index in [9.17, 15) is 4.79 Å². The summed E-state index contributed by atoms with van der Waals surface area (Å²) in [5.41, 5.74) is 3.02. The van der Waals surface area contributed by atoms with Crippen molar-refractivity contribution in [2.75, 3.05) is 17.2 Å². The van der Waals surface area contributed by atoms with Gasteiger partial charge in [-0.3, -0.25) is 9.97 Å². The van der Waals surface area contributed by atoms with E-state index in [0.29, 0.717) is 18.0 Å². The molecule has 3 aromatic rings. The van der Waals surface area contributed by atoms with Crippen molar-refractivity contribution < 1.29 is 9.53 Å². The Balaban J connectivity index is 1.92. The van der Waals surface area contributed by atoms with Gasteiger partial charge in [-0.2, -0.15) is 0 Å². The molecule has 2 N–H and O–H groups in total. The van der Waals surface area contributed by atoms with Crippen LogP contribution in [0.1, 0.15) is 25.5 Å². The average Bonchev–Trinajstić information content (AvgIpc) is 2.62. The van der Waals surface area contributed by atoms with E-state index >= 15 is 0 Å². The molecule has 1 unspecified atom stereocenters.